The van der Waals surface area contributed by atoms with Crippen LogP contribution in [0, 0.1) is 12.7 Å². The number of nitrogens with one attached hydrogen (secondary N) is 1. The van der Waals surface area contributed by atoms with Crippen LogP contribution in [0.3, 0.4) is 0 Å². The smallest absolute Gasteiger partial charge is 0.335 e. The molecule has 6 nitrogen and oxygen atoms in total. The van der Waals surface area contributed by atoms with E-state index in [1.165, 1.54) is 30.3 Å². The van der Waals surface area contributed by atoms with Crippen molar-refractivity contribution in [3.05, 3.63) is 97.7 Å². The molecule has 1 saturated heterocycles. The van der Waals surface area contributed by atoms with Gasteiger partial charge in [0.2, 0.25) is 0 Å². The van der Waals surface area contributed by atoms with Crippen molar-refractivity contribution in [3.8, 4) is 5.75 Å². The SMILES string of the molecule is Cc1ccc(N2C(=O)NC(=O)/C(=C/c3cc(Cl)c(OCc4ccccc4F)c(Cl)c3)C2=O)cc1Cl. The van der Waals surface area contributed by atoms with Gasteiger partial charge < -0.3 is 4.74 Å². The molecule has 0 aromatic heterocycles. The van der Waals surface area contributed by atoms with Crippen LogP contribution < -0.4 is 15.0 Å². The number of urea groups is 1. The Bertz CT molecular complexity index is 1380. The topological polar surface area (TPSA) is 75.7 Å². The number of rotatable bonds is 5. The zero-order valence-electron chi connectivity index (χ0n) is 18.1. The third-order valence-electron chi connectivity index (χ3n) is 5.18. The van der Waals surface area contributed by atoms with Crippen LogP contribution in [0.4, 0.5) is 14.9 Å². The third kappa shape index (κ3) is 5.17. The van der Waals surface area contributed by atoms with E-state index in [-0.39, 0.29) is 33.7 Å². The third-order valence-corrected chi connectivity index (χ3v) is 6.15. The van der Waals surface area contributed by atoms with E-state index in [0.717, 1.165) is 10.5 Å². The van der Waals surface area contributed by atoms with Crippen LogP contribution in [0.2, 0.25) is 15.1 Å². The summed E-state index contributed by atoms with van der Waals surface area (Å²) in [7, 11) is 0. The second-order valence-corrected chi connectivity index (χ2v) is 8.81. The van der Waals surface area contributed by atoms with Gasteiger partial charge >= 0.3 is 6.03 Å². The molecule has 178 valence electrons. The van der Waals surface area contributed by atoms with E-state index in [2.05, 4.69) is 5.32 Å². The fourth-order valence-corrected chi connectivity index (χ4v) is 4.13. The number of anilines is 1. The minimum Gasteiger partial charge on any atom is -0.486 e. The van der Waals surface area contributed by atoms with Gasteiger partial charge in [-0.3, -0.25) is 14.9 Å². The molecule has 0 aliphatic carbocycles. The van der Waals surface area contributed by atoms with Gasteiger partial charge in [-0.1, -0.05) is 59.1 Å². The summed E-state index contributed by atoms with van der Waals surface area (Å²) in [6.07, 6.45) is 1.26. The van der Waals surface area contributed by atoms with Crippen molar-refractivity contribution in [2.75, 3.05) is 4.90 Å². The average Bonchev–Trinajstić information content (AvgIpc) is 2.79. The first-order valence-electron chi connectivity index (χ1n) is 10.2. The lowest BCUT2D eigenvalue weighted by Gasteiger charge is -2.26. The summed E-state index contributed by atoms with van der Waals surface area (Å²) in [5, 5.41) is 2.66. The fourth-order valence-electron chi connectivity index (χ4n) is 3.35. The molecule has 0 unspecified atom stereocenters. The number of halogens is 4. The van der Waals surface area contributed by atoms with Crippen LogP contribution in [0.5, 0.6) is 5.75 Å². The molecule has 0 atom stereocenters. The van der Waals surface area contributed by atoms with Crippen molar-refractivity contribution in [1.82, 2.24) is 5.32 Å². The Morgan fingerprint density at radius 1 is 0.971 bits per heavy atom. The fraction of sp³-hybridized carbons (Fsp3) is 0.0800. The van der Waals surface area contributed by atoms with Gasteiger partial charge in [-0.05, 0) is 54.5 Å². The van der Waals surface area contributed by atoms with Crippen LogP contribution in [0.15, 0.2) is 60.2 Å². The average molecular weight is 534 g/mol. The van der Waals surface area contributed by atoms with Crippen LogP contribution in [0.1, 0.15) is 16.7 Å². The van der Waals surface area contributed by atoms with E-state index >= 15 is 0 Å². The van der Waals surface area contributed by atoms with Crippen LogP contribution >= 0.6 is 34.8 Å². The van der Waals surface area contributed by atoms with Crippen molar-refractivity contribution in [2.24, 2.45) is 0 Å². The van der Waals surface area contributed by atoms with E-state index in [1.807, 2.05) is 0 Å². The van der Waals surface area contributed by atoms with Crippen LogP contribution in [-0.4, -0.2) is 17.8 Å². The van der Waals surface area contributed by atoms with Crippen molar-refractivity contribution in [2.45, 2.75) is 13.5 Å². The number of ether oxygens (including phenoxy) is 1. The largest absolute Gasteiger partial charge is 0.486 e. The van der Waals surface area contributed by atoms with Crippen molar-refractivity contribution < 1.29 is 23.5 Å². The Morgan fingerprint density at radius 3 is 2.31 bits per heavy atom. The second-order valence-electron chi connectivity index (χ2n) is 7.59. The number of amides is 4. The Morgan fingerprint density at radius 2 is 1.66 bits per heavy atom. The Hall–Kier alpha value is -3.39. The maximum absolute atomic E-state index is 13.9. The molecule has 0 bridgehead atoms. The van der Waals surface area contributed by atoms with Crippen LogP contribution in [0.25, 0.3) is 6.08 Å². The molecule has 1 aliphatic heterocycles. The van der Waals surface area contributed by atoms with Gasteiger partial charge in [0.05, 0.1) is 15.7 Å². The number of carbonyl (C=O) groups excluding carboxylic acids is 3. The summed E-state index contributed by atoms with van der Waals surface area (Å²) in [4.78, 5) is 38.7. The molecule has 0 spiro atoms. The highest BCUT2D eigenvalue weighted by Crippen LogP contribution is 2.36. The normalized spacial score (nSPS) is 14.9. The summed E-state index contributed by atoms with van der Waals surface area (Å²) in [6.45, 7) is 1.67. The zero-order chi connectivity index (χ0) is 25.3. The first-order chi connectivity index (χ1) is 16.7. The lowest BCUT2D eigenvalue weighted by atomic mass is 10.1. The number of hydrogen-bond acceptors (Lipinski definition) is 4. The molecule has 1 aliphatic rings. The van der Waals surface area contributed by atoms with Gasteiger partial charge in [0.15, 0.2) is 5.75 Å². The molecular weight excluding hydrogens is 518 g/mol. The summed E-state index contributed by atoms with van der Waals surface area (Å²) < 4.78 is 19.5. The van der Waals surface area contributed by atoms with Gasteiger partial charge in [0.1, 0.15) is 18.0 Å². The van der Waals surface area contributed by atoms with Crippen molar-refractivity contribution >= 4 is 64.4 Å². The molecular formula is C25H16Cl3FN2O4. The molecule has 1 fully saturated rings. The highest BCUT2D eigenvalue weighted by atomic mass is 35.5. The van der Waals surface area contributed by atoms with Crippen molar-refractivity contribution in [1.29, 1.82) is 0 Å². The number of benzene rings is 3. The monoisotopic (exact) mass is 532 g/mol. The molecule has 1 N–H and O–H groups in total. The number of barbiturate groups is 1. The molecule has 35 heavy (non-hydrogen) atoms. The Labute approximate surface area is 214 Å². The van der Waals surface area contributed by atoms with Crippen LogP contribution in [-0.2, 0) is 16.2 Å². The van der Waals surface area contributed by atoms with Gasteiger partial charge in [0, 0.05) is 10.6 Å². The van der Waals surface area contributed by atoms with Gasteiger partial charge in [-0.2, -0.15) is 0 Å². The van der Waals surface area contributed by atoms with E-state index in [9.17, 15) is 18.8 Å². The summed E-state index contributed by atoms with van der Waals surface area (Å²) in [5.41, 5.74) is 1.28. The summed E-state index contributed by atoms with van der Waals surface area (Å²) >= 11 is 18.8. The predicted octanol–water partition coefficient (Wildman–Crippen LogP) is 6.34. The molecule has 3 aromatic rings. The number of hydrogen-bond donors (Lipinski definition) is 1. The lowest BCUT2D eigenvalue weighted by Crippen LogP contribution is -2.54. The van der Waals surface area contributed by atoms with E-state index in [1.54, 1.807) is 37.3 Å². The molecule has 0 saturated carbocycles. The highest BCUT2D eigenvalue weighted by molar-refractivity contribution is 6.40. The molecule has 0 radical (unpaired) electrons. The molecule has 3 aromatic carbocycles. The van der Waals surface area contributed by atoms with E-state index in [4.69, 9.17) is 39.5 Å². The minimum absolute atomic E-state index is 0.0857. The number of imide groups is 2. The predicted molar refractivity (Wildman–Crippen MR) is 132 cm³/mol. The van der Waals surface area contributed by atoms with Gasteiger partial charge in [0.25, 0.3) is 11.8 Å². The summed E-state index contributed by atoms with van der Waals surface area (Å²) in [5.74, 6) is -2.03. The Kier molecular flexibility index (Phi) is 7.12. The van der Waals surface area contributed by atoms with E-state index < -0.39 is 23.7 Å². The lowest BCUT2D eigenvalue weighted by molar-refractivity contribution is -0.122. The Balaban J connectivity index is 1.62. The zero-order valence-corrected chi connectivity index (χ0v) is 20.3. The maximum Gasteiger partial charge on any atom is 0.335 e. The quantitative estimate of drug-likeness (QED) is 0.307. The van der Waals surface area contributed by atoms with Crippen molar-refractivity contribution in [3.63, 3.8) is 0 Å². The molecule has 4 amide bonds. The first kappa shape index (κ1) is 24.7. The molecule has 1 heterocycles. The summed E-state index contributed by atoms with van der Waals surface area (Å²) in [6, 6.07) is 12.7. The van der Waals surface area contributed by atoms with Gasteiger partial charge in [-0.15, -0.1) is 0 Å². The second kappa shape index (κ2) is 10.1. The molecule has 10 heteroatoms. The number of nitrogens with zero attached hydrogens (tertiary/aromatic N) is 1. The van der Waals surface area contributed by atoms with E-state index in [0.29, 0.717) is 16.1 Å². The minimum atomic E-state index is -0.898. The standard InChI is InChI=1S/C25H16Cl3FN2O4/c1-13-6-7-16(11-18(13)26)31-24(33)17(23(32)30-25(31)34)8-14-9-19(27)22(20(28)10-14)35-12-15-4-2-3-5-21(15)29/h2-11H,12H2,1H3,(H,30,32,34)/b17-8-. The first-order valence-corrected chi connectivity index (χ1v) is 11.3. The molecule has 4 rings (SSSR count). The highest BCUT2D eigenvalue weighted by Gasteiger charge is 2.37. The van der Waals surface area contributed by atoms with Gasteiger partial charge in [-0.25, -0.2) is 14.1 Å². The number of aryl methyl sites for hydroxylation is 1. The maximum atomic E-state index is 13.9. The number of carbonyl (C=O) groups is 3.